The van der Waals surface area contributed by atoms with Crippen LogP contribution < -0.4 is 4.31 Å². The van der Waals surface area contributed by atoms with Gasteiger partial charge in [-0.15, -0.1) is 0 Å². The first-order valence-electron chi connectivity index (χ1n) is 11.6. The van der Waals surface area contributed by atoms with E-state index in [1.165, 1.54) is 4.31 Å². The van der Waals surface area contributed by atoms with Crippen LogP contribution in [0.2, 0.25) is 5.02 Å². The van der Waals surface area contributed by atoms with E-state index in [1.807, 2.05) is 11.8 Å². The number of carbonyl (C=O) groups is 1. The monoisotopic (exact) mass is 496 g/mol. The van der Waals surface area contributed by atoms with Crippen molar-refractivity contribution in [3.63, 3.8) is 0 Å². The van der Waals surface area contributed by atoms with Gasteiger partial charge in [0.1, 0.15) is 0 Å². The molecule has 0 aromatic heterocycles. The number of para-hydroxylation sites is 1. The molecule has 3 aromatic carbocycles. The average molecular weight is 497 g/mol. The molecule has 0 saturated carbocycles. The number of rotatable bonds is 6. The summed E-state index contributed by atoms with van der Waals surface area (Å²) in [5.41, 5.74) is 2.53. The predicted molar refractivity (Wildman–Crippen MR) is 137 cm³/mol. The highest BCUT2D eigenvalue weighted by Gasteiger charge is 2.30. The van der Waals surface area contributed by atoms with Crippen LogP contribution in [0.15, 0.2) is 77.7 Å². The molecule has 1 fully saturated rings. The molecule has 1 heterocycles. The summed E-state index contributed by atoms with van der Waals surface area (Å²) in [5, 5.41) is 0.577. The number of hydrogen-bond acceptors (Lipinski definition) is 3. The third kappa shape index (κ3) is 5.45. The smallest absolute Gasteiger partial charge is 0.264 e. The molecule has 1 aliphatic heterocycles. The van der Waals surface area contributed by atoms with Crippen LogP contribution >= 0.6 is 11.6 Å². The summed E-state index contributed by atoms with van der Waals surface area (Å²) in [6.45, 7) is 3.37. The Morgan fingerprint density at radius 3 is 2.15 bits per heavy atom. The van der Waals surface area contributed by atoms with E-state index in [2.05, 4.69) is 0 Å². The van der Waals surface area contributed by atoms with Crippen LogP contribution in [-0.4, -0.2) is 32.3 Å². The highest BCUT2D eigenvalue weighted by atomic mass is 35.5. The third-order valence-electron chi connectivity index (χ3n) is 6.14. The molecule has 3 aromatic rings. The Morgan fingerprint density at radius 1 is 0.882 bits per heavy atom. The largest absolute Gasteiger partial charge is 0.339 e. The fourth-order valence-corrected chi connectivity index (χ4v) is 5.81. The van der Waals surface area contributed by atoms with Crippen molar-refractivity contribution < 1.29 is 13.2 Å². The van der Waals surface area contributed by atoms with Gasteiger partial charge < -0.3 is 4.90 Å². The Bertz CT molecular complexity index is 1230. The number of benzene rings is 3. The van der Waals surface area contributed by atoms with E-state index < -0.39 is 10.0 Å². The van der Waals surface area contributed by atoms with E-state index in [9.17, 15) is 13.2 Å². The molecule has 1 amide bonds. The van der Waals surface area contributed by atoms with E-state index >= 15 is 0 Å². The highest BCUT2D eigenvalue weighted by molar-refractivity contribution is 7.92. The van der Waals surface area contributed by atoms with Crippen LogP contribution in [0.5, 0.6) is 0 Å². The molecule has 0 spiro atoms. The number of aryl methyl sites for hydroxylation is 1. The lowest BCUT2D eigenvalue weighted by molar-refractivity contribution is 0.0762. The zero-order chi connectivity index (χ0) is 24.1. The minimum absolute atomic E-state index is 0.0810. The van der Waals surface area contributed by atoms with E-state index in [-0.39, 0.29) is 17.3 Å². The summed E-state index contributed by atoms with van der Waals surface area (Å²) >= 11 is 6.05. The molecule has 5 nitrogen and oxygen atoms in total. The standard InChI is InChI=1S/C27H29ClN2O3S/c1-21-10-16-24(17-11-21)34(32,33)30(20-22-12-14-23(28)15-13-22)26-9-5-4-8-25(26)27(31)29-18-6-2-3-7-19-29/h4-5,8-17H,2-3,6-7,18-20H2,1H3. The summed E-state index contributed by atoms with van der Waals surface area (Å²) in [4.78, 5) is 15.6. The zero-order valence-corrected chi connectivity index (χ0v) is 20.9. The van der Waals surface area contributed by atoms with Crippen molar-refractivity contribution in [3.8, 4) is 0 Å². The maximum Gasteiger partial charge on any atom is 0.264 e. The first-order chi connectivity index (χ1) is 16.4. The molecule has 178 valence electrons. The van der Waals surface area contributed by atoms with Crippen LogP contribution in [0.25, 0.3) is 0 Å². The summed E-state index contributed by atoms with van der Waals surface area (Å²) in [6.07, 6.45) is 4.14. The van der Waals surface area contributed by atoms with Gasteiger partial charge >= 0.3 is 0 Å². The fourth-order valence-electron chi connectivity index (χ4n) is 4.21. The first kappa shape index (κ1) is 24.3. The normalized spacial score (nSPS) is 14.5. The molecule has 0 aliphatic carbocycles. The van der Waals surface area contributed by atoms with E-state index in [4.69, 9.17) is 11.6 Å². The van der Waals surface area contributed by atoms with Gasteiger partial charge in [0.05, 0.1) is 22.7 Å². The molecule has 0 N–H and O–H groups in total. The van der Waals surface area contributed by atoms with Crippen molar-refractivity contribution in [1.82, 2.24) is 4.90 Å². The summed E-state index contributed by atoms with van der Waals surface area (Å²) in [6, 6.07) is 20.9. The minimum Gasteiger partial charge on any atom is -0.339 e. The Labute approximate surface area is 207 Å². The van der Waals surface area contributed by atoms with Gasteiger partial charge in [0.2, 0.25) is 0 Å². The lowest BCUT2D eigenvalue weighted by atomic mass is 10.1. The summed E-state index contributed by atoms with van der Waals surface area (Å²) in [7, 11) is -3.94. The van der Waals surface area contributed by atoms with Gasteiger partial charge in [0, 0.05) is 18.1 Å². The second-order valence-corrected chi connectivity index (χ2v) is 11.0. The average Bonchev–Trinajstić information content (AvgIpc) is 3.13. The molecular formula is C27H29ClN2O3S. The summed E-state index contributed by atoms with van der Waals surface area (Å²) in [5.74, 6) is -0.127. The molecule has 1 aliphatic rings. The number of hydrogen-bond donors (Lipinski definition) is 0. The molecule has 0 bridgehead atoms. The third-order valence-corrected chi connectivity index (χ3v) is 8.17. The van der Waals surface area contributed by atoms with Gasteiger partial charge in [-0.3, -0.25) is 9.10 Å². The number of anilines is 1. The number of halogens is 1. The van der Waals surface area contributed by atoms with Crippen molar-refractivity contribution in [2.24, 2.45) is 0 Å². The Hall–Kier alpha value is -2.83. The van der Waals surface area contributed by atoms with E-state index in [1.54, 1.807) is 72.8 Å². The maximum atomic E-state index is 13.9. The maximum absolute atomic E-state index is 13.9. The molecule has 1 saturated heterocycles. The number of nitrogens with zero attached hydrogens (tertiary/aromatic N) is 2. The number of amides is 1. The van der Waals surface area contributed by atoms with Crippen molar-refractivity contribution in [3.05, 3.63) is 94.5 Å². The van der Waals surface area contributed by atoms with Crippen molar-refractivity contribution in [1.29, 1.82) is 0 Å². The second kappa shape index (κ2) is 10.6. The van der Waals surface area contributed by atoms with Crippen molar-refractivity contribution in [2.75, 3.05) is 17.4 Å². The highest BCUT2D eigenvalue weighted by Crippen LogP contribution is 2.31. The Morgan fingerprint density at radius 2 is 1.50 bits per heavy atom. The molecule has 34 heavy (non-hydrogen) atoms. The Balaban J connectivity index is 1.79. The number of sulfonamides is 1. The quantitative estimate of drug-likeness (QED) is 0.416. The second-order valence-electron chi connectivity index (χ2n) is 8.67. The fraction of sp³-hybridized carbons (Fsp3) is 0.296. The number of likely N-dealkylation sites (tertiary alicyclic amines) is 1. The van der Waals surface area contributed by atoms with Gasteiger partial charge in [0.25, 0.3) is 15.9 Å². The molecule has 0 radical (unpaired) electrons. The van der Waals surface area contributed by atoms with E-state index in [0.717, 1.165) is 36.8 Å². The van der Waals surface area contributed by atoms with Crippen molar-refractivity contribution in [2.45, 2.75) is 44.0 Å². The van der Waals surface area contributed by atoms with Crippen LogP contribution in [0, 0.1) is 6.92 Å². The first-order valence-corrected chi connectivity index (χ1v) is 13.4. The lowest BCUT2D eigenvalue weighted by Crippen LogP contribution is -2.36. The molecule has 7 heteroatoms. The van der Waals surface area contributed by atoms with E-state index in [0.29, 0.717) is 29.4 Å². The zero-order valence-electron chi connectivity index (χ0n) is 19.3. The molecule has 0 atom stereocenters. The van der Waals surface area contributed by atoms with Gasteiger partial charge in [-0.25, -0.2) is 8.42 Å². The minimum atomic E-state index is -3.94. The molecular weight excluding hydrogens is 468 g/mol. The molecule has 4 rings (SSSR count). The topological polar surface area (TPSA) is 57.7 Å². The lowest BCUT2D eigenvalue weighted by Gasteiger charge is -2.28. The summed E-state index contributed by atoms with van der Waals surface area (Å²) < 4.78 is 29.1. The van der Waals surface area contributed by atoms with Crippen LogP contribution in [0.3, 0.4) is 0 Å². The van der Waals surface area contributed by atoms with Gasteiger partial charge in [-0.1, -0.05) is 66.4 Å². The van der Waals surface area contributed by atoms with Gasteiger partial charge in [-0.05, 0) is 61.7 Å². The number of carbonyl (C=O) groups excluding carboxylic acids is 1. The Kier molecular flexibility index (Phi) is 7.59. The van der Waals surface area contributed by atoms with Gasteiger partial charge in [0.15, 0.2) is 0 Å². The van der Waals surface area contributed by atoms with Gasteiger partial charge in [-0.2, -0.15) is 0 Å². The predicted octanol–water partition coefficient (Wildman–Crippen LogP) is 6.06. The SMILES string of the molecule is Cc1ccc(S(=O)(=O)N(Cc2ccc(Cl)cc2)c2ccccc2C(=O)N2CCCCCC2)cc1. The van der Waals surface area contributed by atoms with Crippen molar-refractivity contribution >= 4 is 33.2 Å². The van der Waals surface area contributed by atoms with Crippen LogP contribution in [0.1, 0.15) is 47.2 Å². The molecule has 0 unspecified atom stereocenters. The van der Waals surface area contributed by atoms with Crippen LogP contribution in [-0.2, 0) is 16.6 Å². The van der Waals surface area contributed by atoms with Crippen LogP contribution in [0.4, 0.5) is 5.69 Å².